The quantitative estimate of drug-likeness (QED) is 0.860. The molecular weight excluding hydrogens is 248 g/mol. The minimum absolute atomic E-state index is 0.0579. The molecule has 0 saturated heterocycles. The van der Waals surface area contributed by atoms with Crippen LogP contribution in [0.15, 0.2) is 24.4 Å². The average molecular weight is 260 g/mol. The van der Waals surface area contributed by atoms with Crippen LogP contribution >= 0.6 is 0 Å². The largest absolute Gasteiger partial charge is 0.478 e. The second kappa shape index (κ2) is 4.89. The van der Waals surface area contributed by atoms with Crippen LogP contribution in [0, 0.1) is 6.92 Å². The molecule has 2 aromatic rings. The zero-order valence-corrected chi connectivity index (χ0v) is 10.4. The van der Waals surface area contributed by atoms with Crippen molar-refractivity contribution in [1.82, 2.24) is 14.8 Å². The molecule has 0 bridgehead atoms. The number of nitrogens with one attached hydrogen (secondary N) is 1. The van der Waals surface area contributed by atoms with Crippen LogP contribution < -0.4 is 5.32 Å². The van der Waals surface area contributed by atoms with E-state index in [-0.39, 0.29) is 17.1 Å². The van der Waals surface area contributed by atoms with E-state index in [1.54, 1.807) is 17.8 Å². The number of pyridine rings is 1. The second-order valence-corrected chi connectivity index (χ2v) is 3.98. The standard InChI is InChI=1S/C12H12N4O3/c1-7-5-9(15-16(7)2)11(17)14-10-6-8(12(18)19)3-4-13-10/h3-6H,1-2H3,(H,18,19)(H,13,14,17). The van der Waals surface area contributed by atoms with Gasteiger partial charge in [0.2, 0.25) is 0 Å². The molecule has 2 aromatic heterocycles. The number of aromatic nitrogens is 3. The number of nitrogens with zero attached hydrogens (tertiary/aromatic N) is 3. The number of anilines is 1. The summed E-state index contributed by atoms with van der Waals surface area (Å²) in [7, 11) is 1.73. The van der Waals surface area contributed by atoms with Crippen LogP contribution in [0.3, 0.4) is 0 Å². The molecule has 0 saturated carbocycles. The van der Waals surface area contributed by atoms with Gasteiger partial charge in [-0.05, 0) is 25.1 Å². The lowest BCUT2D eigenvalue weighted by Crippen LogP contribution is -2.14. The molecule has 2 rings (SSSR count). The van der Waals surface area contributed by atoms with Crippen LogP contribution in [0.1, 0.15) is 26.5 Å². The summed E-state index contributed by atoms with van der Waals surface area (Å²) in [4.78, 5) is 26.6. The number of rotatable bonds is 3. The van der Waals surface area contributed by atoms with E-state index in [2.05, 4.69) is 15.4 Å². The van der Waals surface area contributed by atoms with E-state index in [9.17, 15) is 9.59 Å². The van der Waals surface area contributed by atoms with Gasteiger partial charge < -0.3 is 10.4 Å². The minimum Gasteiger partial charge on any atom is -0.478 e. The minimum atomic E-state index is -1.08. The maximum absolute atomic E-state index is 11.9. The van der Waals surface area contributed by atoms with E-state index in [0.29, 0.717) is 0 Å². The lowest BCUT2D eigenvalue weighted by atomic mass is 10.2. The summed E-state index contributed by atoms with van der Waals surface area (Å²) >= 11 is 0. The smallest absolute Gasteiger partial charge is 0.335 e. The summed E-state index contributed by atoms with van der Waals surface area (Å²) in [6, 6.07) is 4.27. The van der Waals surface area contributed by atoms with E-state index in [0.717, 1.165) is 5.69 Å². The van der Waals surface area contributed by atoms with E-state index in [1.807, 2.05) is 6.92 Å². The Kier molecular flexibility index (Phi) is 3.28. The highest BCUT2D eigenvalue weighted by Crippen LogP contribution is 2.09. The van der Waals surface area contributed by atoms with Gasteiger partial charge in [0.05, 0.1) is 5.56 Å². The fourth-order valence-corrected chi connectivity index (χ4v) is 1.48. The Labute approximate surface area is 108 Å². The highest BCUT2D eigenvalue weighted by Gasteiger charge is 2.12. The first kappa shape index (κ1) is 12.7. The fourth-order valence-electron chi connectivity index (χ4n) is 1.48. The van der Waals surface area contributed by atoms with Crippen molar-refractivity contribution in [2.75, 3.05) is 5.32 Å². The fraction of sp³-hybridized carbons (Fsp3) is 0.167. The van der Waals surface area contributed by atoms with E-state index in [4.69, 9.17) is 5.11 Å². The Morgan fingerprint density at radius 3 is 2.68 bits per heavy atom. The number of aryl methyl sites for hydroxylation is 2. The first-order valence-corrected chi connectivity index (χ1v) is 5.48. The molecule has 0 atom stereocenters. The number of carboxylic acid groups (broad SMARTS) is 1. The van der Waals surface area contributed by atoms with Gasteiger partial charge >= 0.3 is 5.97 Å². The maximum Gasteiger partial charge on any atom is 0.335 e. The zero-order valence-electron chi connectivity index (χ0n) is 10.4. The Balaban J connectivity index is 2.19. The van der Waals surface area contributed by atoms with E-state index in [1.165, 1.54) is 18.3 Å². The van der Waals surface area contributed by atoms with Crippen molar-refractivity contribution in [3.05, 3.63) is 41.3 Å². The number of aromatic carboxylic acids is 1. The molecule has 0 aromatic carbocycles. The molecule has 0 spiro atoms. The molecule has 7 heteroatoms. The van der Waals surface area contributed by atoms with Crippen molar-refractivity contribution in [3.63, 3.8) is 0 Å². The van der Waals surface area contributed by atoms with Crippen LogP contribution in [-0.2, 0) is 7.05 Å². The Bertz CT molecular complexity index is 629. The Morgan fingerprint density at radius 1 is 1.37 bits per heavy atom. The molecule has 0 aliphatic rings. The van der Waals surface area contributed by atoms with Gasteiger partial charge in [0.15, 0.2) is 5.69 Å². The molecule has 0 radical (unpaired) electrons. The molecule has 7 nitrogen and oxygen atoms in total. The van der Waals surface area contributed by atoms with Gasteiger partial charge in [-0.3, -0.25) is 9.48 Å². The van der Waals surface area contributed by atoms with Crippen LogP contribution in [0.25, 0.3) is 0 Å². The van der Waals surface area contributed by atoms with Gasteiger partial charge in [0, 0.05) is 18.9 Å². The first-order chi connectivity index (χ1) is 8.97. The monoisotopic (exact) mass is 260 g/mol. The van der Waals surface area contributed by atoms with Gasteiger partial charge in [0.1, 0.15) is 5.82 Å². The summed E-state index contributed by atoms with van der Waals surface area (Å²) in [5.74, 6) is -1.33. The predicted octanol–water partition coefficient (Wildman–Crippen LogP) is 1.07. The van der Waals surface area contributed by atoms with Crippen molar-refractivity contribution >= 4 is 17.7 Å². The Morgan fingerprint density at radius 2 is 2.11 bits per heavy atom. The summed E-state index contributed by atoms with van der Waals surface area (Å²) in [6.45, 7) is 1.83. The van der Waals surface area contributed by atoms with Crippen molar-refractivity contribution in [2.24, 2.45) is 7.05 Å². The molecule has 1 amide bonds. The number of hydrogen-bond acceptors (Lipinski definition) is 4. The SMILES string of the molecule is Cc1cc(C(=O)Nc2cc(C(=O)O)ccn2)nn1C. The maximum atomic E-state index is 11.9. The molecule has 0 fully saturated rings. The van der Waals surface area contributed by atoms with E-state index < -0.39 is 11.9 Å². The lowest BCUT2D eigenvalue weighted by Gasteiger charge is -2.02. The highest BCUT2D eigenvalue weighted by molar-refractivity contribution is 6.02. The van der Waals surface area contributed by atoms with Crippen molar-refractivity contribution in [3.8, 4) is 0 Å². The summed E-state index contributed by atoms with van der Waals surface area (Å²) in [5.41, 5.74) is 1.16. The van der Waals surface area contributed by atoms with Gasteiger partial charge in [-0.2, -0.15) is 5.10 Å². The van der Waals surface area contributed by atoms with Crippen LogP contribution in [0.2, 0.25) is 0 Å². The molecule has 2 heterocycles. The van der Waals surface area contributed by atoms with Crippen LogP contribution in [0.5, 0.6) is 0 Å². The molecule has 0 unspecified atom stereocenters. The number of amides is 1. The number of carbonyl (C=O) groups excluding carboxylic acids is 1. The van der Waals surface area contributed by atoms with Gasteiger partial charge in [-0.25, -0.2) is 9.78 Å². The highest BCUT2D eigenvalue weighted by atomic mass is 16.4. The molecule has 2 N–H and O–H groups in total. The number of carbonyl (C=O) groups is 2. The Hall–Kier alpha value is -2.70. The topological polar surface area (TPSA) is 97.1 Å². The number of carboxylic acids is 1. The summed E-state index contributed by atoms with van der Waals surface area (Å²) in [6.07, 6.45) is 1.32. The predicted molar refractivity (Wildman–Crippen MR) is 67.1 cm³/mol. The molecule has 0 aliphatic carbocycles. The first-order valence-electron chi connectivity index (χ1n) is 5.48. The molecule has 0 aliphatic heterocycles. The molecular formula is C12H12N4O3. The van der Waals surface area contributed by atoms with Gasteiger partial charge in [-0.15, -0.1) is 0 Å². The van der Waals surface area contributed by atoms with Crippen molar-refractivity contribution < 1.29 is 14.7 Å². The third kappa shape index (κ3) is 2.76. The van der Waals surface area contributed by atoms with Crippen molar-refractivity contribution in [1.29, 1.82) is 0 Å². The average Bonchev–Trinajstić information content (AvgIpc) is 2.70. The number of hydrogen-bond donors (Lipinski definition) is 2. The second-order valence-electron chi connectivity index (χ2n) is 3.98. The molecule has 98 valence electrons. The third-order valence-corrected chi connectivity index (χ3v) is 2.59. The summed E-state index contributed by atoms with van der Waals surface area (Å²) < 4.78 is 1.58. The van der Waals surface area contributed by atoms with Crippen LogP contribution in [-0.4, -0.2) is 31.7 Å². The summed E-state index contributed by atoms with van der Waals surface area (Å²) in [5, 5.41) is 15.4. The third-order valence-electron chi connectivity index (χ3n) is 2.59. The lowest BCUT2D eigenvalue weighted by molar-refractivity contribution is 0.0696. The molecule has 19 heavy (non-hydrogen) atoms. The van der Waals surface area contributed by atoms with Gasteiger partial charge in [0.25, 0.3) is 5.91 Å². The zero-order chi connectivity index (χ0) is 14.0. The van der Waals surface area contributed by atoms with Crippen molar-refractivity contribution in [2.45, 2.75) is 6.92 Å². The van der Waals surface area contributed by atoms with E-state index >= 15 is 0 Å². The normalized spacial score (nSPS) is 10.2. The van der Waals surface area contributed by atoms with Gasteiger partial charge in [-0.1, -0.05) is 0 Å². The van der Waals surface area contributed by atoms with Crippen LogP contribution in [0.4, 0.5) is 5.82 Å².